The lowest BCUT2D eigenvalue weighted by Crippen LogP contribution is -2.43. The van der Waals surface area contributed by atoms with Crippen molar-refractivity contribution in [2.75, 3.05) is 18.0 Å². The Morgan fingerprint density at radius 3 is 2.81 bits per heavy atom. The number of aryl methyl sites for hydroxylation is 2. The van der Waals surface area contributed by atoms with Gasteiger partial charge in [0, 0.05) is 48.5 Å². The SMILES string of the molecule is Cc1cc([C@H]2CN(c3cc4c(=O)n5c(nc4c(-c4ccc(Cl)cc4F)n3)CCC5)C[C@@H](C)O2)ccn1. The van der Waals surface area contributed by atoms with Gasteiger partial charge in [-0.2, -0.15) is 0 Å². The van der Waals surface area contributed by atoms with Crippen LogP contribution in [-0.4, -0.2) is 38.7 Å². The van der Waals surface area contributed by atoms with Gasteiger partial charge in [-0.25, -0.2) is 14.4 Å². The molecule has 0 spiro atoms. The molecule has 0 amide bonds. The number of pyridine rings is 2. The fourth-order valence-electron chi connectivity index (χ4n) is 5.19. The van der Waals surface area contributed by atoms with Crippen LogP contribution in [0.15, 0.2) is 47.4 Å². The number of rotatable bonds is 3. The number of aromatic nitrogens is 4. The van der Waals surface area contributed by atoms with Crippen molar-refractivity contribution in [2.24, 2.45) is 0 Å². The van der Waals surface area contributed by atoms with E-state index < -0.39 is 5.82 Å². The van der Waals surface area contributed by atoms with E-state index in [4.69, 9.17) is 26.3 Å². The zero-order valence-electron chi connectivity index (χ0n) is 20.0. The normalized spacial score (nSPS) is 19.6. The number of nitrogens with zero attached hydrogens (tertiary/aromatic N) is 5. The lowest BCUT2D eigenvalue weighted by Gasteiger charge is -2.38. The van der Waals surface area contributed by atoms with Crippen LogP contribution in [0, 0.1) is 12.7 Å². The van der Waals surface area contributed by atoms with Crippen LogP contribution in [0.4, 0.5) is 10.2 Å². The second kappa shape index (κ2) is 8.94. The molecule has 0 radical (unpaired) electrons. The van der Waals surface area contributed by atoms with E-state index in [9.17, 15) is 4.79 Å². The summed E-state index contributed by atoms with van der Waals surface area (Å²) in [6.45, 7) is 5.72. The number of halogens is 2. The summed E-state index contributed by atoms with van der Waals surface area (Å²) in [4.78, 5) is 29.6. The van der Waals surface area contributed by atoms with Gasteiger partial charge in [0.25, 0.3) is 5.56 Å². The monoisotopic (exact) mass is 505 g/mol. The first-order valence-corrected chi connectivity index (χ1v) is 12.5. The average Bonchev–Trinajstić information content (AvgIpc) is 3.33. The molecule has 7 nitrogen and oxygen atoms in total. The predicted octanol–water partition coefficient (Wildman–Crippen LogP) is 4.87. The van der Waals surface area contributed by atoms with Gasteiger partial charge in [0.1, 0.15) is 34.8 Å². The third-order valence-electron chi connectivity index (χ3n) is 6.85. The molecule has 5 heterocycles. The van der Waals surface area contributed by atoms with E-state index in [2.05, 4.69) is 9.88 Å². The minimum Gasteiger partial charge on any atom is -0.367 e. The first kappa shape index (κ1) is 23.1. The molecule has 6 rings (SSSR count). The summed E-state index contributed by atoms with van der Waals surface area (Å²) in [5.41, 5.74) is 2.86. The van der Waals surface area contributed by atoms with Crippen LogP contribution in [-0.2, 0) is 17.7 Å². The van der Waals surface area contributed by atoms with Gasteiger partial charge in [-0.15, -0.1) is 0 Å². The number of hydrogen-bond donors (Lipinski definition) is 0. The number of anilines is 1. The molecule has 0 bridgehead atoms. The van der Waals surface area contributed by atoms with Gasteiger partial charge < -0.3 is 9.64 Å². The molecule has 0 saturated carbocycles. The lowest BCUT2D eigenvalue weighted by atomic mass is 10.1. The molecule has 2 aliphatic heterocycles. The molecule has 1 saturated heterocycles. The van der Waals surface area contributed by atoms with E-state index in [1.54, 1.807) is 29.0 Å². The summed E-state index contributed by atoms with van der Waals surface area (Å²) in [6, 6.07) is 10.2. The molecule has 1 aromatic carbocycles. The third kappa shape index (κ3) is 4.04. The van der Waals surface area contributed by atoms with E-state index in [-0.39, 0.29) is 23.3 Å². The Bertz CT molecular complexity index is 1560. The standard InChI is InChI=1S/C27H25ClFN5O2/c1-15-10-17(7-8-30-15)22-14-33(13-16(2)36-22)24-12-20-26(31-23-4-3-9-34(23)27(20)35)25(32-24)19-6-5-18(28)11-21(19)29/h5-8,10-12,16,22H,3-4,9,13-14H2,1-2H3/t16-,22-/m1/s1. The van der Waals surface area contributed by atoms with Gasteiger partial charge in [-0.05, 0) is 62.2 Å². The Morgan fingerprint density at radius 1 is 1.14 bits per heavy atom. The van der Waals surface area contributed by atoms with Crippen LogP contribution in [0.1, 0.15) is 36.5 Å². The Balaban J connectivity index is 1.52. The molecule has 2 aliphatic rings. The van der Waals surface area contributed by atoms with Gasteiger partial charge in [-0.3, -0.25) is 14.3 Å². The first-order valence-electron chi connectivity index (χ1n) is 12.1. The van der Waals surface area contributed by atoms with E-state index in [1.165, 1.54) is 6.07 Å². The van der Waals surface area contributed by atoms with Crippen LogP contribution in [0.3, 0.4) is 0 Å². The highest BCUT2D eigenvalue weighted by Gasteiger charge is 2.29. The van der Waals surface area contributed by atoms with Gasteiger partial charge in [-0.1, -0.05) is 11.6 Å². The highest BCUT2D eigenvalue weighted by Crippen LogP contribution is 2.34. The van der Waals surface area contributed by atoms with E-state index in [0.717, 1.165) is 17.7 Å². The second-order valence-electron chi connectivity index (χ2n) is 9.51. The van der Waals surface area contributed by atoms with Crippen molar-refractivity contribution >= 4 is 28.3 Å². The number of hydrogen-bond acceptors (Lipinski definition) is 6. The minimum absolute atomic E-state index is 0.0790. The fraction of sp³-hybridized carbons (Fsp3) is 0.333. The molecule has 1 fully saturated rings. The van der Waals surface area contributed by atoms with E-state index in [1.807, 2.05) is 26.0 Å². The molecule has 4 aromatic rings. The summed E-state index contributed by atoms with van der Waals surface area (Å²) in [5.74, 6) is 0.803. The van der Waals surface area contributed by atoms with E-state index in [0.29, 0.717) is 59.3 Å². The van der Waals surface area contributed by atoms with Crippen LogP contribution < -0.4 is 10.5 Å². The van der Waals surface area contributed by atoms with Gasteiger partial charge in [0.15, 0.2) is 0 Å². The minimum atomic E-state index is -0.503. The van der Waals surface area contributed by atoms with Crippen molar-refractivity contribution in [3.63, 3.8) is 0 Å². The molecule has 36 heavy (non-hydrogen) atoms. The van der Waals surface area contributed by atoms with Crippen LogP contribution >= 0.6 is 11.6 Å². The second-order valence-corrected chi connectivity index (χ2v) is 9.95. The quantitative estimate of drug-likeness (QED) is 0.395. The van der Waals surface area contributed by atoms with Crippen LogP contribution in [0.5, 0.6) is 0 Å². The van der Waals surface area contributed by atoms with Crippen molar-refractivity contribution in [3.05, 3.63) is 80.9 Å². The van der Waals surface area contributed by atoms with Crippen molar-refractivity contribution in [2.45, 2.75) is 45.4 Å². The van der Waals surface area contributed by atoms with Gasteiger partial charge >= 0.3 is 0 Å². The van der Waals surface area contributed by atoms with Crippen LogP contribution in [0.2, 0.25) is 5.02 Å². The Kier molecular flexibility index (Phi) is 5.73. The first-order chi connectivity index (χ1) is 17.4. The summed E-state index contributed by atoms with van der Waals surface area (Å²) in [6.07, 6.45) is 3.08. The summed E-state index contributed by atoms with van der Waals surface area (Å²) < 4.78 is 23.1. The molecule has 0 aliphatic carbocycles. The highest BCUT2D eigenvalue weighted by molar-refractivity contribution is 6.30. The maximum absolute atomic E-state index is 15.1. The topological polar surface area (TPSA) is 73.1 Å². The van der Waals surface area contributed by atoms with Crippen molar-refractivity contribution < 1.29 is 9.13 Å². The van der Waals surface area contributed by atoms with E-state index >= 15 is 4.39 Å². The Hall–Kier alpha value is -3.36. The molecular weight excluding hydrogens is 481 g/mol. The Labute approximate surface area is 212 Å². The molecule has 3 aromatic heterocycles. The average molecular weight is 506 g/mol. The maximum atomic E-state index is 15.1. The van der Waals surface area contributed by atoms with Crippen molar-refractivity contribution in [3.8, 4) is 11.3 Å². The smallest absolute Gasteiger partial charge is 0.261 e. The Morgan fingerprint density at radius 2 is 2.00 bits per heavy atom. The summed E-state index contributed by atoms with van der Waals surface area (Å²) >= 11 is 6.02. The van der Waals surface area contributed by atoms with Gasteiger partial charge in [0.05, 0.1) is 11.5 Å². The molecule has 2 atom stereocenters. The van der Waals surface area contributed by atoms with Crippen molar-refractivity contribution in [1.29, 1.82) is 0 Å². The fourth-order valence-corrected chi connectivity index (χ4v) is 5.35. The van der Waals surface area contributed by atoms with Gasteiger partial charge in [0.2, 0.25) is 0 Å². The number of morpholine rings is 1. The molecule has 0 unspecified atom stereocenters. The molecule has 9 heteroatoms. The molecular formula is C27H25ClFN5O2. The number of ether oxygens (including phenoxy) is 1. The summed E-state index contributed by atoms with van der Waals surface area (Å²) in [7, 11) is 0. The third-order valence-corrected chi connectivity index (χ3v) is 7.09. The maximum Gasteiger partial charge on any atom is 0.261 e. The largest absolute Gasteiger partial charge is 0.367 e. The predicted molar refractivity (Wildman–Crippen MR) is 137 cm³/mol. The lowest BCUT2D eigenvalue weighted by molar-refractivity contribution is -0.0176. The summed E-state index contributed by atoms with van der Waals surface area (Å²) in [5, 5.41) is 0.730. The number of fused-ring (bicyclic) bond motifs is 2. The molecule has 0 N–H and O–H groups in total. The molecule has 184 valence electrons. The zero-order valence-corrected chi connectivity index (χ0v) is 20.8. The number of benzene rings is 1. The highest BCUT2D eigenvalue weighted by atomic mass is 35.5. The van der Waals surface area contributed by atoms with Crippen molar-refractivity contribution in [1.82, 2.24) is 19.5 Å². The zero-order chi connectivity index (χ0) is 25.0. The van der Waals surface area contributed by atoms with Crippen LogP contribution in [0.25, 0.3) is 22.2 Å².